The highest BCUT2D eigenvalue weighted by molar-refractivity contribution is 5.98. The lowest BCUT2D eigenvalue weighted by Gasteiger charge is -2.23. The van der Waals surface area contributed by atoms with E-state index in [0.717, 1.165) is 12.5 Å². The fraction of sp³-hybridized carbons (Fsp3) is 0.455. The van der Waals surface area contributed by atoms with Crippen molar-refractivity contribution in [3.05, 3.63) is 35.4 Å². The van der Waals surface area contributed by atoms with E-state index in [9.17, 15) is 8.78 Å². The highest BCUT2D eigenvalue weighted by Gasteiger charge is 2.16. The Labute approximate surface area is 92.0 Å². The SMILES string of the molecule is CC(C)(CCc1ccc(F)cc1F)O[SiH3]. The normalized spacial score (nSPS) is 12.0. The van der Waals surface area contributed by atoms with Crippen LogP contribution in [-0.2, 0) is 10.8 Å². The second-order valence-corrected chi connectivity index (χ2v) is 4.61. The molecule has 0 aliphatic carbocycles. The molecule has 0 aromatic heterocycles. The standard InChI is InChI=1S/C11H16F2OSi/c1-11(2,14-15)6-5-8-3-4-9(12)7-10(8)13/h3-4,7H,5-6H2,1-2,15H3. The fourth-order valence-electron chi connectivity index (χ4n) is 1.26. The van der Waals surface area contributed by atoms with Crippen molar-refractivity contribution in [3.8, 4) is 0 Å². The van der Waals surface area contributed by atoms with Crippen LogP contribution in [0.5, 0.6) is 0 Å². The molecule has 0 atom stereocenters. The summed E-state index contributed by atoms with van der Waals surface area (Å²) in [7, 11) is 0.667. The second kappa shape index (κ2) is 4.85. The number of hydrogen-bond donors (Lipinski definition) is 0. The number of hydrogen-bond acceptors (Lipinski definition) is 1. The van der Waals surface area contributed by atoms with Crippen molar-refractivity contribution in [2.45, 2.75) is 32.3 Å². The van der Waals surface area contributed by atoms with Crippen LogP contribution in [0.1, 0.15) is 25.8 Å². The maximum atomic E-state index is 13.3. The summed E-state index contributed by atoms with van der Waals surface area (Å²) >= 11 is 0. The summed E-state index contributed by atoms with van der Waals surface area (Å²) in [5.74, 6) is -1.01. The van der Waals surface area contributed by atoms with Gasteiger partial charge in [-0.05, 0) is 38.3 Å². The molecule has 1 aromatic rings. The average molecular weight is 230 g/mol. The number of halogens is 2. The minimum Gasteiger partial charge on any atom is -0.423 e. The zero-order chi connectivity index (χ0) is 11.5. The Bertz CT molecular complexity index is 339. The van der Waals surface area contributed by atoms with Crippen LogP contribution in [0.4, 0.5) is 8.78 Å². The average Bonchev–Trinajstić information content (AvgIpc) is 2.16. The fourth-order valence-corrected chi connectivity index (χ4v) is 1.47. The third-order valence-electron chi connectivity index (χ3n) is 2.56. The molecule has 1 rings (SSSR count). The Morgan fingerprint density at radius 3 is 2.53 bits per heavy atom. The molecule has 0 heterocycles. The topological polar surface area (TPSA) is 9.23 Å². The van der Waals surface area contributed by atoms with Gasteiger partial charge in [-0.3, -0.25) is 0 Å². The zero-order valence-corrected chi connectivity index (χ0v) is 11.3. The summed E-state index contributed by atoms with van der Waals surface area (Å²) in [5.41, 5.74) is 0.329. The summed E-state index contributed by atoms with van der Waals surface area (Å²) in [5, 5.41) is 0. The van der Waals surface area contributed by atoms with Gasteiger partial charge < -0.3 is 4.43 Å². The molecular formula is C11H16F2OSi. The van der Waals surface area contributed by atoms with Crippen LogP contribution in [0.25, 0.3) is 0 Å². The highest BCUT2D eigenvalue weighted by Crippen LogP contribution is 2.18. The van der Waals surface area contributed by atoms with E-state index in [2.05, 4.69) is 0 Å². The van der Waals surface area contributed by atoms with Crippen LogP contribution < -0.4 is 0 Å². The van der Waals surface area contributed by atoms with Gasteiger partial charge in [0.05, 0.1) is 0 Å². The molecule has 1 nitrogen and oxygen atoms in total. The van der Waals surface area contributed by atoms with Crippen LogP contribution in [0.2, 0.25) is 0 Å². The van der Waals surface area contributed by atoms with Crippen molar-refractivity contribution in [2.24, 2.45) is 0 Å². The van der Waals surface area contributed by atoms with Crippen LogP contribution >= 0.6 is 0 Å². The molecule has 0 radical (unpaired) electrons. The summed E-state index contributed by atoms with van der Waals surface area (Å²) < 4.78 is 31.3. The molecule has 0 fully saturated rings. The van der Waals surface area contributed by atoms with Crippen molar-refractivity contribution in [2.75, 3.05) is 0 Å². The molecule has 0 amide bonds. The van der Waals surface area contributed by atoms with Crippen molar-refractivity contribution >= 4 is 10.5 Å². The molecule has 1 aromatic carbocycles. The van der Waals surface area contributed by atoms with Crippen molar-refractivity contribution in [3.63, 3.8) is 0 Å². The monoisotopic (exact) mass is 230 g/mol. The smallest absolute Gasteiger partial charge is 0.146 e. The summed E-state index contributed by atoms with van der Waals surface area (Å²) in [6.07, 6.45) is 1.31. The van der Waals surface area contributed by atoms with Gasteiger partial charge in [-0.25, -0.2) is 8.78 Å². The van der Waals surface area contributed by atoms with E-state index >= 15 is 0 Å². The van der Waals surface area contributed by atoms with E-state index in [0.29, 0.717) is 22.5 Å². The van der Waals surface area contributed by atoms with Crippen molar-refractivity contribution in [1.82, 2.24) is 0 Å². The Morgan fingerprint density at radius 1 is 1.33 bits per heavy atom. The summed E-state index contributed by atoms with van der Waals surface area (Å²) in [4.78, 5) is 0. The predicted molar refractivity (Wildman–Crippen MR) is 59.8 cm³/mol. The lowest BCUT2D eigenvalue weighted by Crippen LogP contribution is -2.23. The molecule has 0 saturated heterocycles. The van der Waals surface area contributed by atoms with Gasteiger partial charge >= 0.3 is 0 Å². The van der Waals surface area contributed by atoms with Crippen LogP contribution in [0.3, 0.4) is 0 Å². The van der Waals surface area contributed by atoms with E-state index in [-0.39, 0.29) is 5.60 Å². The molecule has 84 valence electrons. The molecule has 0 unspecified atom stereocenters. The molecule has 0 saturated carbocycles. The van der Waals surface area contributed by atoms with Crippen molar-refractivity contribution < 1.29 is 13.2 Å². The predicted octanol–water partition coefficient (Wildman–Crippen LogP) is 1.97. The first kappa shape index (κ1) is 12.3. The lowest BCUT2D eigenvalue weighted by molar-refractivity contribution is 0.113. The molecule has 0 bridgehead atoms. The maximum absolute atomic E-state index is 13.3. The Balaban J connectivity index is 2.66. The van der Waals surface area contributed by atoms with Gasteiger partial charge in [0.15, 0.2) is 0 Å². The Kier molecular flexibility index (Phi) is 3.99. The number of rotatable bonds is 4. The van der Waals surface area contributed by atoms with Gasteiger partial charge in [0, 0.05) is 11.7 Å². The minimum absolute atomic E-state index is 0.215. The van der Waals surface area contributed by atoms with Gasteiger partial charge in [0.2, 0.25) is 0 Å². The van der Waals surface area contributed by atoms with E-state index in [1.165, 1.54) is 12.1 Å². The minimum atomic E-state index is -0.533. The van der Waals surface area contributed by atoms with Gasteiger partial charge in [-0.1, -0.05) is 6.07 Å². The van der Waals surface area contributed by atoms with E-state index in [1.807, 2.05) is 13.8 Å². The first-order valence-corrected chi connectivity index (χ1v) is 5.75. The number of aryl methyl sites for hydroxylation is 1. The third kappa shape index (κ3) is 3.72. The molecule has 0 N–H and O–H groups in total. The molecule has 0 aliphatic rings. The molecule has 0 spiro atoms. The molecule has 4 heteroatoms. The van der Waals surface area contributed by atoms with Gasteiger partial charge in [0.1, 0.15) is 22.1 Å². The Morgan fingerprint density at radius 2 is 2.00 bits per heavy atom. The van der Waals surface area contributed by atoms with Gasteiger partial charge in [-0.2, -0.15) is 0 Å². The highest BCUT2D eigenvalue weighted by atomic mass is 28.2. The summed E-state index contributed by atoms with van der Waals surface area (Å²) in [6, 6.07) is 3.70. The first-order chi connectivity index (χ1) is 6.94. The van der Waals surface area contributed by atoms with Crippen molar-refractivity contribution in [1.29, 1.82) is 0 Å². The molecule has 0 aliphatic heterocycles. The first-order valence-electron chi connectivity index (χ1n) is 4.94. The largest absolute Gasteiger partial charge is 0.423 e. The van der Waals surface area contributed by atoms with E-state index in [4.69, 9.17) is 4.43 Å². The van der Waals surface area contributed by atoms with Crippen LogP contribution in [0.15, 0.2) is 18.2 Å². The molecule has 15 heavy (non-hydrogen) atoms. The second-order valence-electron chi connectivity index (χ2n) is 4.20. The third-order valence-corrected chi connectivity index (χ3v) is 3.67. The maximum Gasteiger partial charge on any atom is 0.146 e. The van der Waals surface area contributed by atoms with Crippen LogP contribution in [-0.4, -0.2) is 16.1 Å². The van der Waals surface area contributed by atoms with Gasteiger partial charge in [-0.15, -0.1) is 0 Å². The van der Waals surface area contributed by atoms with E-state index < -0.39 is 11.6 Å². The van der Waals surface area contributed by atoms with E-state index in [1.54, 1.807) is 0 Å². The molecular weight excluding hydrogens is 214 g/mol. The number of benzene rings is 1. The lowest BCUT2D eigenvalue weighted by atomic mass is 9.98. The summed E-state index contributed by atoms with van der Waals surface area (Å²) in [6.45, 7) is 3.95. The van der Waals surface area contributed by atoms with Gasteiger partial charge in [0.25, 0.3) is 0 Å². The Hall–Kier alpha value is -0.743. The van der Waals surface area contributed by atoms with Crippen LogP contribution in [0, 0.1) is 11.6 Å². The quantitative estimate of drug-likeness (QED) is 0.719. The zero-order valence-electron chi connectivity index (χ0n) is 9.31.